The van der Waals surface area contributed by atoms with Gasteiger partial charge in [-0.1, -0.05) is 25.1 Å². The molecule has 3 aromatic heterocycles. The van der Waals surface area contributed by atoms with E-state index in [4.69, 9.17) is 0 Å². The fourth-order valence-corrected chi connectivity index (χ4v) is 4.43. The fourth-order valence-electron chi connectivity index (χ4n) is 4.43. The number of carbonyl (C=O) groups is 1. The Balaban J connectivity index is 1.28. The van der Waals surface area contributed by atoms with Crippen LogP contribution in [0.15, 0.2) is 55.1 Å². The average Bonchev–Trinajstić information content (AvgIpc) is 3.35. The smallest absolute Gasteiger partial charge is 0.251 e. The fraction of sp³-hybridized carbons (Fsp3) is 0.269. The van der Waals surface area contributed by atoms with E-state index < -0.39 is 0 Å². The van der Waals surface area contributed by atoms with Crippen molar-refractivity contribution in [3.63, 3.8) is 0 Å². The number of nitrogens with one attached hydrogen (secondary N) is 3. The van der Waals surface area contributed by atoms with Gasteiger partial charge in [0, 0.05) is 49.5 Å². The number of hydrogen-bond donors (Lipinski definition) is 3. The van der Waals surface area contributed by atoms with Gasteiger partial charge in [-0.2, -0.15) is 0 Å². The van der Waals surface area contributed by atoms with Crippen LogP contribution in [0, 0.1) is 0 Å². The van der Waals surface area contributed by atoms with E-state index in [9.17, 15) is 4.79 Å². The Hall–Kier alpha value is -4.07. The summed E-state index contributed by atoms with van der Waals surface area (Å²) < 4.78 is 0. The van der Waals surface area contributed by atoms with Crippen molar-refractivity contribution in [2.45, 2.75) is 25.7 Å². The predicted octanol–water partition coefficient (Wildman–Crippen LogP) is 4.02. The SMILES string of the molecule is CNC(=O)c1ccnc2c(C(C)CCNc3cc(-c4cnc5c(c4)CCN5)ncn3)cccc12. The molecule has 1 aliphatic rings. The molecule has 1 aromatic carbocycles. The molecule has 5 rings (SSSR count). The number of benzene rings is 1. The molecule has 1 aliphatic heterocycles. The zero-order chi connectivity index (χ0) is 23.5. The largest absolute Gasteiger partial charge is 0.370 e. The summed E-state index contributed by atoms with van der Waals surface area (Å²) in [6, 6.07) is 11.9. The van der Waals surface area contributed by atoms with Gasteiger partial charge in [-0.25, -0.2) is 15.0 Å². The minimum Gasteiger partial charge on any atom is -0.370 e. The molecular formula is C26H27N7O. The summed E-state index contributed by atoms with van der Waals surface area (Å²) in [7, 11) is 1.64. The minimum absolute atomic E-state index is 0.103. The van der Waals surface area contributed by atoms with Crippen molar-refractivity contribution < 1.29 is 4.79 Å². The summed E-state index contributed by atoms with van der Waals surface area (Å²) in [5.41, 5.74) is 5.72. The second kappa shape index (κ2) is 9.43. The van der Waals surface area contributed by atoms with Crippen LogP contribution in [-0.4, -0.2) is 46.0 Å². The lowest BCUT2D eigenvalue weighted by molar-refractivity contribution is 0.0964. The van der Waals surface area contributed by atoms with Crippen molar-refractivity contribution in [2.24, 2.45) is 0 Å². The summed E-state index contributed by atoms with van der Waals surface area (Å²) in [4.78, 5) is 30.2. The van der Waals surface area contributed by atoms with Gasteiger partial charge in [-0.05, 0) is 42.0 Å². The van der Waals surface area contributed by atoms with Crippen molar-refractivity contribution in [1.82, 2.24) is 25.3 Å². The molecule has 172 valence electrons. The number of anilines is 2. The third kappa shape index (κ3) is 4.26. The molecule has 0 aliphatic carbocycles. The Morgan fingerprint density at radius 1 is 1.15 bits per heavy atom. The number of para-hydroxylation sites is 1. The van der Waals surface area contributed by atoms with Crippen molar-refractivity contribution in [3.8, 4) is 11.3 Å². The molecule has 1 atom stereocenters. The van der Waals surface area contributed by atoms with Crippen LogP contribution in [0.1, 0.15) is 40.7 Å². The number of nitrogens with zero attached hydrogens (tertiary/aromatic N) is 4. The highest BCUT2D eigenvalue weighted by molar-refractivity contribution is 6.06. The van der Waals surface area contributed by atoms with Crippen LogP contribution < -0.4 is 16.0 Å². The first-order valence-corrected chi connectivity index (χ1v) is 11.5. The summed E-state index contributed by atoms with van der Waals surface area (Å²) in [5.74, 6) is 1.90. The van der Waals surface area contributed by atoms with Gasteiger partial charge in [0.15, 0.2) is 0 Å². The van der Waals surface area contributed by atoms with Crippen LogP contribution in [0.3, 0.4) is 0 Å². The highest BCUT2D eigenvalue weighted by atomic mass is 16.1. The van der Waals surface area contributed by atoms with Crippen LogP contribution in [0.25, 0.3) is 22.2 Å². The summed E-state index contributed by atoms with van der Waals surface area (Å²) >= 11 is 0. The number of amides is 1. The molecule has 0 bridgehead atoms. The summed E-state index contributed by atoms with van der Waals surface area (Å²) in [5, 5.41) is 10.3. The molecule has 0 saturated heterocycles. The summed E-state index contributed by atoms with van der Waals surface area (Å²) in [6.07, 6.45) is 7.01. The lowest BCUT2D eigenvalue weighted by Crippen LogP contribution is -2.18. The monoisotopic (exact) mass is 453 g/mol. The molecule has 0 spiro atoms. The maximum Gasteiger partial charge on any atom is 0.251 e. The van der Waals surface area contributed by atoms with Gasteiger partial charge < -0.3 is 16.0 Å². The molecule has 0 fully saturated rings. The van der Waals surface area contributed by atoms with Crippen molar-refractivity contribution in [3.05, 3.63) is 71.8 Å². The second-order valence-corrected chi connectivity index (χ2v) is 8.49. The van der Waals surface area contributed by atoms with Crippen molar-refractivity contribution in [1.29, 1.82) is 0 Å². The van der Waals surface area contributed by atoms with Gasteiger partial charge in [-0.3, -0.25) is 9.78 Å². The Morgan fingerprint density at radius 3 is 2.94 bits per heavy atom. The normalized spacial score (nSPS) is 13.2. The Bertz CT molecular complexity index is 1350. The highest BCUT2D eigenvalue weighted by Crippen LogP contribution is 2.29. The van der Waals surface area contributed by atoms with Gasteiger partial charge in [-0.15, -0.1) is 0 Å². The summed E-state index contributed by atoms with van der Waals surface area (Å²) in [6.45, 7) is 3.86. The van der Waals surface area contributed by atoms with E-state index >= 15 is 0 Å². The van der Waals surface area contributed by atoms with E-state index in [2.05, 4.69) is 54.9 Å². The van der Waals surface area contributed by atoms with Crippen molar-refractivity contribution in [2.75, 3.05) is 30.8 Å². The number of hydrogen-bond acceptors (Lipinski definition) is 7. The third-order valence-electron chi connectivity index (χ3n) is 6.30. The van der Waals surface area contributed by atoms with E-state index in [-0.39, 0.29) is 11.8 Å². The third-order valence-corrected chi connectivity index (χ3v) is 6.30. The molecule has 4 heterocycles. The molecule has 8 heteroatoms. The van der Waals surface area contributed by atoms with E-state index in [0.29, 0.717) is 5.56 Å². The minimum atomic E-state index is -0.103. The second-order valence-electron chi connectivity index (χ2n) is 8.49. The molecule has 34 heavy (non-hydrogen) atoms. The van der Waals surface area contributed by atoms with Gasteiger partial charge in [0.05, 0.1) is 16.8 Å². The first-order chi connectivity index (χ1) is 16.6. The lowest BCUT2D eigenvalue weighted by atomic mass is 9.94. The van der Waals surface area contributed by atoms with Crippen LogP contribution in [0.2, 0.25) is 0 Å². The number of pyridine rings is 2. The van der Waals surface area contributed by atoms with Crippen molar-refractivity contribution >= 4 is 28.4 Å². The maximum atomic E-state index is 12.3. The Kier molecular flexibility index (Phi) is 6.03. The number of fused-ring (bicyclic) bond motifs is 2. The van der Waals surface area contributed by atoms with Crippen LogP contribution >= 0.6 is 0 Å². The Labute approximate surface area is 198 Å². The van der Waals surface area contributed by atoms with Crippen LogP contribution in [-0.2, 0) is 6.42 Å². The number of rotatable bonds is 7. The van der Waals surface area contributed by atoms with E-state index in [1.54, 1.807) is 25.6 Å². The lowest BCUT2D eigenvalue weighted by Gasteiger charge is -2.16. The standard InChI is InChI=1S/C26H27N7O/c1-16(19-4-3-5-20-21(26(34)27-2)8-11-29-24(19)20)6-9-28-23-13-22(32-15-33-23)18-12-17-7-10-30-25(17)31-14-18/h3-5,8,11-16H,6-7,9-10H2,1-2H3,(H,27,34)(H,30,31)(H,28,32,33). The number of carbonyl (C=O) groups excluding carboxylic acids is 1. The van der Waals surface area contributed by atoms with Crippen LogP contribution in [0.4, 0.5) is 11.6 Å². The molecule has 1 amide bonds. The zero-order valence-electron chi connectivity index (χ0n) is 19.3. The quantitative estimate of drug-likeness (QED) is 0.388. The molecule has 3 N–H and O–H groups in total. The van der Waals surface area contributed by atoms with Gasteiger partial charge in [0.1, 0.15) is 18.0 Å². The molecule has 0 saturated carbocycles. The molecule has 1 unspecified atom stereocenters. The Morgan fingerprint density at radius 2 is 2.06 bits per heavy atom. The average molecular weight is 454 g/mol. The van der Waals surface area contributed by atoms with E-state index in [1.165, 1.54) is 5.56 Å². The van der Waals surface area contributed by atoms with Crippen LogP contribution in [0.5, 0.6) is 0 Å². The highest BCUT2D eigenvalue weighted by Gasteiger charge is 2.16. The van der Waals surface area contributed by atoms with E-state index in [0.717, 1.165) is 65.3 Å². The molecular weight excluding hydrogens is 426 g/mol. The number of aromatic nitrogens is 4. The maximum absolute atomic E-state index is 12.3. The van der Waals surface area contributed by atoms with Gasteiger partial charge in [0.2, 0.25) is 0 Å². The zero-order valence-corrected chi connectivity index (χ0v) is 19.3. The molecule has 4 aromatic rings. The molecule has 8 nitrogen and oxygen atoms in total. The molecule has 0 radical (unpaired) electrons. The van der Waals surface area contributed by atoms with E-state index in [1.807, 2.05) is 24.4 Å². The van der Waals surface area contributed by atoms with Gasteiger partial charge >= 0.3 is 0 Å². The van der Waals surface area contributed by atoms with Gasteiger partial charge in [0.25, 0.3) is 5.91 Å². The predicted molar refractivity (Wildman–Crippen MR) is 134 cm³/mol. The first-order valence-electron chi connectivity index (χ1n) is 11.5. The first kappa shape index (κ1) is 21.8. The topological polar surface area (TPSA) is 105 Å².